The Hall–Kier alpha value is -3.43. The van der Waals surface area contributed by atoms with E-state index in [0.717, 1.165) is 12.1 Å². The molecule has 2 heterocycles. The fourth-order valence-corrected chi connectivity index (χ4v) is 5.23. The second-order valence-electron chi connectivity index (χ2n) is 7.59. The lowest BCUT2D eigenvalue weighted by Crippen LogP contribution is -2.36. The second kappa shape index (κ2) is 8.37. The molecule has 31 heavy (non-hydrogen) atoms. The van der Waals surface area contributed by atoms with Gasteiger partial charge in [-0.1, -0.05) is 97.9 Å². The van der Waals surface area contributed by atoms with Crippen molar-refractivity contribution >= 4 is 11.3 Å². The van der Waals surface area contributed by atoms with E-state index in [1.165, 1.54) is 26.4 Å². The van der Waals surface area contributed by atoms with Gasteiger partial charge in [-0.25, -0.2) is 4.98 Å². The molecule has 5 aromatic rings. The molecule has 0 atom stereocenters. The average Bonchev–Trinajstić information content (AvgIpc) is 3.52. The van der Waals surface area contributed by atoms with Crippen LogP contribution in [0.3, 0.4) is 0 Å². The third-order valence-electron chi connectivity index (χ3n) is 5.81. The van der Waals surface area contributed by atoms with E-state index < -0.39 is 5.54 Å². The van der Waals surface area contributed by atoms with Crippen LogP contribution in [0, 0.1) is 0 Å². The van der Waals surface area contributed by atoms with Crippen molar-refractivity contribution in [3.63, 3.8) is 0 Å². The van der Waals surface area contributed by atoms with Gasteiger partial charge in [0, 0.05) is 11.1 Å². The Morgan fingerprint density at radius 1 is 0.710 bits per heavy atom. The molecule has 0 radical (unpaired) electrons. The van der Waals surface area contributed by atoms with Gasteiger partial charge in [0.1, 0.15) is 5.54 Å². The first kappa shape index (κ1) is 19.5. The number of thiophene rings is 1. The second-order valence-corrected chi connectivity index (χ2v) is 8.76. The van der Waals surface area contributed by atoms with Crippen molar-refractivity contribution in [3.05, 3.63) is 137 Å². The third kappa shape index (κ3) is 3.41. The molecule has 0 saturated carbocycles. The minimum atomic E-state index is -0.514. The van der Waals surface area contributed by atoms with Gasteiger partial charge in [0.25, 0.3) is 0 Å². The highest BCUT2D eigenvalue weighted by molar-refractivity contribution is 7.15. The van der Waals surface area contributed by atoms with Gasteiger partial charge in [-0.3, -0.25) is 0 Å². The van der Waals surface area contributed by atoms with Crippen LogP contribution in [0.2, 0.25) is 0 Å². The minimum absolute atomic E-state index is 0.514. The Balaban J connectivity index is 1.79. The van der Waals surface area contributed by atoms with Crippen LogP contribution in [0.15, 0.2) is 116 Å². The van der Waals surface area contributed by atoms with E-state index in [-0.39, 0.29) is 0 Å². The summed E-state index contributed by atoms with van der Waals surface area (Å²) in [5, 5.41) is 0. The molecule has 3 aromatic carbocycles. The van der Waals surface area contributed by atoms with Crippen LogP contribution < -0.4 is 0 Å². The van der Waals surface area contributed by atoms with Crippen molar-refractivity contribution < 1.29 is 0 Å². The van der Waals surface area contributed by atoms with Crippen LogP contribution in [0.25, 0.3) is 10.6 Å². The molecule has 0 aliphatic rings. The number of hydrogen-bond donors (Lipinski definition) is 0. The topological polar surface area (TPSA) is 17.8 Å². The van der Waals surface area contributed by atoms with E-state index in [9.17, 15) is 0 Å². The first-order valence-electron chi connectivity index (χ1n) is 10.6. The van der Waals surface area contributed by atoms with Crippen LogP contribution in [0.4, 0.5) is 0 Å². The van der Waals surface area contributed by atoms with Gasteiger partial charge in [0.15, 0.2) is 0 Å². The number of nitrogens with zero attached hydrogens (tertiary/aromatic N) is 2. The smallest absolute Gasteiger partial charge is 0.121 e. The van der Waals surface area contributed by atoms with Gasteiger partial charge in [0.05, 0.1) is 16.9 Å². The van der Waals surface area contributed by atoms with Gasteiger partial charge in [-0.2, -0.15) is 0 Å². The van der Waals surface area contributed by atoms with Crippen LogP contribution in [0.5, 0.6) is 0 Å². The first-order chi connectivity index (χ1) is 15.3. The highest BCUT2D eigenvalue weighted by Crippen LogP contribution is 2.41. The fourth-order valence-electron chi connectivity index (χ4n) is 4.32. The van der Waals surface area contributed by atoms with Crippen molar-refractivity contribution in [2.24, 2.45) is 0 Å². The zero-order valence-electron chi connectivity index (χ0n) is 17.5. The number of imidazole rings is 1. The number of aryl methyl sites for hydroxylation is 1. The maximum Gasteiger partial charge on any atom is 0.121 e. The van der Waals surface area contributed by atoms with Crippen molar-refractivity contribution in [2.45, 2.75) is 18.9 Å². The van der Waals surface area contributed by atoms with Gasteiger partial charge < -0.3 is 4.57 Å². The lowest BCUT2D eigenvalue weighted by atomic mass is 9.77. The molecule has 0 fully saturated rings. The van der Waals surface area contributed by atoms with Gasteiger partial charge in [-0.05, 0) is 35.2 Å². The summed E-state index contributed by atoms with van der Waals surface area (Å²) in [4.78, 5) is 7.44. The van der Waals surface area contributed by atoms with Crippen molar-refractivity contribution in [2.75, 3.05) is 0 Å². The predicted octanol–water partition coefficient (Wildman–Crippen LogP) is 7.01. The lowest BCUT2D eigenvalue weighted by molar-refractivity contribution is 0.515. The van der Waals surface area contributed by atoms with Crippen molar-refractivity contribution in [1.29, 1.82) is 0 Å². The Bertz CT molecular complexity index is 1160. The zero-order chi connectivity index (χ0) is 21.1. The van der Waals surface area contributed by atoms with Crippen molar-refractivity contribution in [3.8, 4) is 10.6 Å². The molecule has 0 amide bonds. The quantitative estimate of drug-likeness (QED) is 0.270. The van der Waals surface area contributed by atoms with Crippen molar-refractivity contribution in [1.82, 2.24) is 9.55 Å². The Kier molecular flexibility index (Phi) is 5.27. The fraction of sp³-hybridized carbons (Fsp3) is 0.107. The Morgan fingerprint density at radius 3 is 1.68 bits per heavy atom. The highest BCUT2D eigenvalue weighted by atomic mass is 32.1. The standard InChI is InChI=1S/C28H24N2S/c1-2-25-18-19-27(31-25)26-20-30(21-29-26)28(22-12-6-3-7-13-22,23-14-8-4-9-15-23)24-16-10-5-11-17-24/h3-21H,2H2,1H3. The van der Waals surface area contributed by atoms with Gasteiger partial charge in [-0.15, -0.1) is 11.3 Å². The molecule has 5 rings (SSSR count). The SMILES string of the molecule is CCc1ccc(-c2cn(C(c3ccccc3)(c3ccccc3)c3ccccc3)cn2)s1. The molecule has 0 unspecified atom stereocenters. The summed E-state index contributed by atoms with van der Waals surface area (Å²) in [5.41, 5.74) is 4.11. The number of aromatic nitrogens is 2. The Labute approximate surface area is 187 Å². The molecule has 2 aromatic heterocycles. The summed E-state index contributed by atoms with van der Waals surface area (Å²) in [6.07, 6.45) is 5.22. The predicted molar refractivity (Wildman–Crippen MR) is 130 cm³/mol. The molecule has 152 valence electrons. The summed E-state index contributed by atoms with van der Waals surface area (Å²) >= 11 is 1.82. The third-order valence-corrected chi connectivity index (χ3v) is 7.06. The average molecular weight is 421 g/mol. The van der Waals surface area contributed by atoms with Crippen LogP contribution in [-0.2, 0) is 12.0 Å². The van der Waals surface area contributed by atoms with E-state index in [2.05, 4.69) is 121 Å². The lowest BCUT2D eigenvalue weighted by Gasteiger charge is -2.37. The summed E-state index contributed by atoms with van der Waals surface area (Å²) in [7, 11) is 0. The van der Waals surface area contributed by atoms with E-state index in [0.29, 0.717) is 0 Å². The minimum Gasteiger partial charge on any atom is -0.318 e. The van der Waals surface area contributed by atoms with E-state index >= 15 is 0 Å². The molecule has 0 saturated heterocycles. The number of rotatable bonds is 6. The van der Waals surface area contributed by atoms with E-state index in [4.69, 9.17) is 4.98 Å². The normalized spacial score (nSPS) is 11.5. The molecule has 2 nitrogen and oxygen atoms in total. The highest BCUT2D eigenvalue weighted by Gasteiger charge is 2.38. The maximum atomic E-state index is 4.85. The molecular weight excluding hydrogens is 396 g/mol. The monoisotopic (exact) mass is 420 g/mol. The molecular formula is C28H24N2S. The summed E-state index contributed by atoms with van der Waals surface area (Å²) in [6, 6.07) is 36.5. The van der Waals surface area contributed by atoms with E-state index in [1.54, 1.807) is 0 Å². The molecule has 0 aliphatic heterocycles. The van der Waals surface area contributed by atoms with Gasteiger partial charge in [0.2, 0.25) is 0 Å². The molecule has 0 N–H and O–H groups in total. The maximum absolute atomic E-state index is 4.85. The summed E-state index contributed by atoms with van der Waals surface area (Å²) in [5.74, 6) is 0. The van der Waals surface area contributed by atoms with Crippen LogP contribution >= 0.6 is 11.3 Å². The number of benzene rings is 3. The Morgan fingerprint density at radius 2 is 1.23 bits per heavy atom. The van der Waals surface area contributed by atoms with Crippen LogP contribution in [-0.4, -0.2) is 9.55 Å². The van der Waals surface area contributed by atoms with E-state index in [1.807, 2.05) is 17.7 Å². The molecule has 0 bridgehead atoms. The first-order valence-corrected chi connectivity index (χ1v) is 11.4. The summed E-state index contributed by atoms with van der Waals surface area (Å²) in [6.45, 7) is 2.19. The zero-order valence-corrected chi connectivity index (χ0v) is 18.3. The molecule has 0 aliphatic carbocycles. The number of hydrogen-bond acceptors (Lipinski definition) is 2. The van der Waals surface area contributed by atoms with Crippen LogP contribution in [0.1, 0.15) is 28.5 Å². The summed E-state index contributed by atoms with van der Waals surface area (Å²) < 4.78 is 2.27. The molecule has 3 heteroatoms. The largest absolute Gasteiger partial charge is 0.318 e. The van der Waals surface area contributed by atoms with Gasteiger partial charge >= 0.3 is 0 Å². The molecule has 0 spiro atoms.